The molecular weight excluding hydrogens is 465 g/mol. The molecule has 0 unspecified atom stereocenters. The number of carbonyl (C=O) groups is 1. The van der Waals surface area contributed by atoms with E-state index in [0.29, 0.717) is 40.0 Å². The van der Waals surface area contributed by atoms with Crippen molar-refractivity contribution in [3.63, 3.8) is 0 Å². The van der Waals surface area contributed by atoms with Crippen LogP contribution in [-0.2, 0) is 11.3 Å². The van der Waals surface area contributed by atoms with Crippen molar-refractivity contribution in [1.29, 1.82) is 0 Å². The number of nitrogens with one attached hydrogen (secondary N) is 1. The molecule has 0 spiro atoms. The lowest BCUT2D eigenvalue weighted by atomic mass is 9.95. The molecule has 0 fully saturated rings. The molecule has 1 aliphatic rings. The van der Waals surface area contributed by atoms with Crippen LogP contribution < -0.4 is 10.2 Å². The first kappa shape index (κ1) is 22.7. The van der Waals surface area contributed by atoms with Crippen molar-refractivity contribution < 1.29 is 9.18 Å². The van der Waals surface area contributed by atoms with Gasteiger partial charge in [-0.3, -0.25) is 9.79 Å². The van der Waals surface area contributed by atoms with Crippen LogP contribution in [0.1, 0.15) is 23.6 Å². The van der Waals surface area contributed by atoms with Gasteiger partial charge in [-0.05, 0) is 48.5 Å². The molecule has 6 nitrogen and oxygen atoms in total. The Kier molecular flexibility index (Phi) is 6.01. The van der Waals surface area contributed by atoms with Crippen LogP contribution in [0.3, 0.4) is 0 Å². The van der Waals surface area contributed by atoms with Crippen molar-refractivity contribution in [1.82, 2.24) is 9.97 Å². The highest BCUT2D eigenvalue weighted by atomic mass is 35.5. The Balaban J connectivity index is 1.52. The lowest BCUT2D eigenvalue weighted by Crippen LogP contribution is -2.22. The standard InChI is InChI=1S/C27H21ClFN5O/c1-16(35)34(2)20-10-8-19(9-11-20)32-27-31-15-17-14-30-26(22-5-3-4-6-24(22)29)23-13-18(28)7-12-21(23)25(17)33-27/h3-13,15H,14H2,1-2H3,(H,31,32,33). The third-order valence-electron chi connectivity index (χ3n) is 5.88. The summed E-state index contributed by atoms with van der Waals surface area (Å²) in [5, 5.41) is 3.74. The molecule has 8 heteroatoms. The second-order valence-corrected chi connectivity index (χ2v) is 8.59. The summed E-state index contributed by atoms with van der Waals surface area (Å²) in [7, 11) is 1.72. The minimum atomic E-state index is -0.351. The molecule has 0 saturated heterocycles. The Morgan fingerprint density at radius 1 is 1.03 bits per heavy atom. The highest BCUT2D eigenvalue weighted by Crippen LogP contribution is 2.34. The van der Waals surface area contributed by atoms with Gasteiger partial charge in [-0.25, -0.2) is 14.4 Å². The smallest absolute Gasteiger partial charge is 0.227 e. The monoisotopic (exact) mass is 485 g/mol. The summed E-state index contributed by atoms with van der Waals surface area (Å²) in [4.78, 5) is 27.1. The predicted molar refractivity (Wildman–Crippen MR) is 137 cm³/mol. The van der Waals surface area contributed by atoms with E-state index in [1.807, 2.05) is 30.3 Å². The molecule has 3 aromatic carbocycles. The maximum Gasteiger partial charge on any atom is 0.227 e. The number of anilines is 3. The summed E-state index contributed by atoms with van der Waals surface area (Å²) < 4.78 is 14.7. The molecule has 174 valence electrons. The fraction of sp³-hybridized carbons (Fsp3) is 0.111. The molecule has 0 aliphatic carbocycles. The zero-order chi connectivity index (χ0) is 24.5. The van der Waals surface area contributed by atoms with E-state index in [4.69, 9.17) is 21.6 Å². The number of hydrogen-bond donors (Lipinski definition) is 1. The summed E-state index contributed by atoms with van der Waals surface area (Å²) in [6.45, 7) is 1.82. The second kappa shape index (κ2) is 9.27. The molecule has 1 amide bonds. The average molecular weight is 486 g/mol. The minimum absolute atomic E-state index is 0.0458. The number of nitrogens with zero attached hydrogens (tertiary/aromatic N) is 4. The SMILES string of the molecule is CC(=O)N(C)c1ccc(Nc2ncc3c(n2)-c2ccc(Cl)cc2C(c2ccccc2F)=NC3)cc1. The van der Waals surface area contributed by atoms with E-state index in [-0.39, 0.29) is 11.7 Å². The molecule has 35 heavy (non-hydrogen) atoms. The third-order valence-corrected chi connectivity index (χ3v) is 6.11. The summed E-state index contributed by atoms with van der Waals surface area (Å²) in [6.07, 6.45) is 1.73. The Morgan fingerprint density at radius 2 is 1.80 bits per heavy atom. The van der Waals surface area contributed by atoms with Gasteiger partial charge in [-0.1, -0.05) is 29.8 Å². The molecule has 5 rings (SSSR count). The quantitative estimate of drug-likeness (QED) is 0.384. The summed E-state index contributed by atoms with van der Waals surface area (Å²) >= 11 is 6.32. The number of halogens is 2. The number of aromatic nitrogens is 2. The second-order valence-electron chi connectivity index (χ2n) is 8.15. The zero-order valence-corrected chi connectivity index (χ0v) is 19.8. The Morgan fingerprint density at radius 3 is 2.54 bits per heavy atom. The van der Waals surface area contributed by atoms with Crippen LogP contribution in [-0.4, -0.2) is 28.6 Å². The first-order valence-corrected chi connectivity index (χ1v) is 11.4. The predicted octanol–water partition coefficient (Wildman–Crippen LogP) is 6.01. The van der Waals surface area contributed by atoms with Gasteiger partial charge in [0.15, 0.2) is 0 Å². The van der Waals surface area contributed by atoms with Crippen molar-refractivity contribution >= 4 is 40.5 Å². The highest BCUT2D eigenvalue weighted by Gasteiger charge is 2.23. The molecule has 1 aromatic heterocycles. The van der Waals surface area contributed by atoms with E-state index in [1.54, 1.807) is 48.5 Å². The summed E-state index contributed by atoms with van der Waals surface area (Å²) in [5.74, 6) is 0.0117. The molecule has 0 saturated carbocycles. The number of hydrogen-bond acceptors (Lipinski definition) is 5. The van der Waals surface area contributed by atoms with Gasteiger partial charge in [-0.2, -0.15) is 0 Å². The maximum atomic E-state index is 14.7. The van der Waals surface area contributed by atoms with E-state index in [9.17, 15) is 9.18 Å². The van der Waals surface area contributed by atoms with Gasteiger partial charge in [0.05, 0.1) is 18.0 Å². The van der Waals surface area contributed by atoms with E-state index in [2.05, 4.69) is 10.3 Å². The lowest BCUT2D eigenvalue weighted by Gasteiger charge is -2.16. The summed E-state index contributed by atoms with van der Waals surface area (Å²) in [5.41, 5.74) is 5.54. The molecular formula is C27H21ClFN5O. The van der Waals surface area contributed by atoms with Crippen LogP contribution in [0.15, 0.2) is 77.9 Å². The normalized spacial score (nSPS) is 12.2. The van der Waals surface area contributed by atoms with E-state index < -0.39 is 0 Å². The zero-order valence-electron chi connectivity index (χ0n) is 19.1. The largest absolute Gasteiger partial charge is 0.324 e. The van der Waals surface area contributed by atoms with E-state index >= 15 is 0 Å². The van der Waals surface area contributed by atoms with Crippen LogP contribution in [0.5, 0.6) is 0 Å². The van der Waals surface area contributed by atoms with Gasteiger partial charge in [-0.15, -0.1) is 0 Å². The average Bonchev–Trinajstić information content (AvgIpc) is 3.01. The van der Waals surface area contributed by atoms with E-state index in [0.717, 1.165) is 22.5 Å². The van der Waals surface area contributed by atoms with Crippen LogP contribution in [0.2, 0.25) is 5.02 Å². The number of carbonyl (C=O) groups excluding carboxylic acids is 1. The molecule has 2 heterocycles. The topological polar surface area (TPSA) is 70.5 Å². The fourth-order valence-corrected chi connectivity index (χ4v) is 4.12. The summed E-state index contributed by atoms with van der Waals surface area (Å²) in [6, 6.07) is 19.4. The van der Waals surface area contributed by atoms with Gasteiger partial charge in [0, 0.05) is 58.8 Å². The number of rotatable bonds is 4. The molecule has 0 bridgehead atoms. The third kappa shape index (κ3) is 4.50. The van der Waals surface area contributed by atoms with Crippen molar-refractivity contribution in [3.05, 3.63) is 100 Å². The number of fused-ring (bicyclic) bond motifs is 3. The highest BCUT2D eigenvalue weighted by molar-refractivity contribution is 6.31. The minimum Gasteiger partial charge on any atom is -0.324 e. The van der Waals surface area contributed by atoms with Gasteiger partial charge in [0.25, 0.3) is 0 Å². The lowest BCUT2D eigenvalue weighted by molar-refractivity contribution is -0.116. The van der Waals surface area contributed by atoms with Gasteiger partial charge >= 0.3 is 0 Å². The van der Waals surface area contributed by atoms with Crippen LogP contribution in [0.4, 0.5) is 21.7 Å². The Labute approximate surface area is 207 Å². The molecule has 0 atom stereocenters. The Hall–Kier alpha value is -4.10. The van der Waals surface area contributed by atoms with Crippen molar-refractivity contribution in [2.45, 2.75) is 13.5 Å². The molecule has 1 aliphatic heterocycles. The first-order chi connectivity index (χ1) is 16.9. The fourth-order valence-electron chi connectivity index (χ4n) is 3.95. The van der Waals surface area contributed by atoms with Gasteiger partial charge in [0.2, 0.25) is 11.9 Å². The Bertz CT molecular complexity index is 1470. The number of aliphatic imine (C=N–C) groups is 1. The molecule has 0 radical (unpaired) electrons. The van der Waals surface area contributed by atoms with Crippen molar-refractivity contribution in [3.8, 4) is 11.3 Å². The van der Waals surface area contributed by atoms with Crippen LogP contribution >= 0.6 is 11.6 Å². The van der Waals surface area contributed by atoms with Gasteiger partial charge < -0.3 is 10.2 Å². The number of benzene rings is 3. The van der Waals surface area contributed by atoms with Crippen LogP contribution in [0.25, 0.3) is 11.3 Å². The maximum absolute atomic E-state index is 14.7. The van der Waals surface area contributed by atoms with Crippen LogP contribution in [0, 0.1) is 5.82 Å². The van der Waals surface area contributed by atoms with Crippen molar-refractivity contribution in [2.75, 3.05) is 17.3 Å². The number of amides is 1. The van der Waals surface area contributed by atoms with Gasteiger partial charge in [0.1, 0.15) is 5.82 Å². The van der Waals surface area contributed by atoms with E-state index in [1.165, 1.54) is 13.0 Å². The van der Waals surface area contributed by atoms with Crippen molar-refractivity contribution in [2.24, 2.45) is 4.99 Å². The molecule has 1 N–H and O–H groups in total. The first-order valence-electron chi connectivity index (χ1n) is 11.0. The molecule has 4 aromatic rings.